The number of nitrogens with one attached hydrogen (secondary N) is 3. The summed E-state index contributed by atoms with van der Waals surface area (Å²) in [5.41, 5.74) is 4.99. The van der Waals surface area contributed by atoms with Gasteiger partial charge in [0.15, 0.2) is 0 Å². The molecule has 0 aliphatic rings. The van der Waals surface area contributed by atoms with Crippen LogP contribution < -0.4 is 21.7 Å². The molecular weight excluding hydrogens is 456 g/mol. The molecule has 2 aromatic rings. The summed E-state index contributed by atoms with van der Waals surface area (Å²) in [7, 11) is 0. The first kappa shape index (κ1) is 27.6. The Morgan fingerprint density at radius 3 is 2.32 bits per heavy atom. The van der Waals surface area contributed by atoms with Crippen LogP contribution in [0.2, 0.25) is 0 Å². The van der Waals surface area contributed by atoms with E-state index in [1.807, 2.05) is 42.5 Å². The summed E-state index contributed by atoms with van der Waals surface area (Å²) in [6.07, 6.45) is -0.640. The molecule has 6 N–H and O–H groups in total. The molecule has 8 nitrogen and oxygen atoms in total. The van der Waals surface area contributed by atoms with Crippen molar-refractivity contribution in [2.45, 2.75) is 63.1 Å². The maximum Gasteiger partial charge on any atom is 0.245 e. The lowest BCUT2D eigenvalue weighted by Crippen LogP contribution is -2.60. The number of hydrogen-bond acceptors (Lipinski definition) is 5. The number of aliphatic hydroxyl groups is 1. The molecule has 0 spiro atoms. The Hall–Kier alpha value is -2.68. The van der Waals surface area contributed by atoms with Crippen LogP contribution in [0.25, 0.3) is 10.8 Å². The maximum atomic E-state index is 13.1. The summed E-state index contributed by atoms with van der Waals surface area (Å²) in [5.74, 6) is -1.35. The van der Waals surface area contributed by atoms with Gasteiger partial charge in [0.1, 0.15) is 11.6 Å². The highest BCUT2D eigenvalue weighted by atomic mass is 35.5. The summed E-state index contributed by atoms with van der Waals surface area (Å²) in [5, 5.41) is 19.9. The van der Waals surface area contributed by atoms with Gasteiger partial charge in [-0.3, -0.25) is 14.4 Å². The predicted octanol–water partition coefficient (Wildman–Crippen LogP) is 1.61. The molecule has 186 valence electrons. The number of nitrogens with two attached hydrogens (primary N) is 1. The number of hydrogen-bond donors (Lipinski definition) is 5. The number of carbonyl (C=O) groups is 3. The van der Waals surface area contributed by atoms with Gasteiger partial charge in [-0.15, -0.1) is 11.6 Å². The molecule has 34 heavy (non-hydrogen) atoms. The number of carbonyl (C=O) groups excluding carboxylic acids is 3. The van der Waals surface area contributed by atoms with E-state index in [1.54, 1.807) is 27.7 Å². The number of halogens is 1. The molecule has 0 radical (unpaired) electrons. The molecule has 0 aliphatic heterocycles. The van der Waals surface area contributed by atoms with Crippen LogP contribution in [0.5, 0.6) is 0 Å². The molecule has 2 atom stereocenters. The summed E-state index contributed by atoms with van der Waals surface area (Å²) in [6.45, 7) is 6.50. The molecular formula is C25H35ClN4O4. The zero-order chi connectivity index (χ0) is 25.5. The number of benzene rings is 2. The van der Waals surface area contributed by atoms with Crippen LogP contribution in [0, 0.1) is 0 Å². The average molecular weight is 491 g/mol. The summed E-state index contributed by atoms with van der Waals surface area (Å²) in [6, 6.07) is 12.7. The minimum absolute atomic E-state index is 0.00202. The first-order valence-corrected chi connectivity index (χ1v) is 11.6. The zero-order valence-electron chi connectivity index (χ0n) is 20.2. The lowest BCUT2D eigenvalue weighted by molar-refractivity contribution is -0.135. The van der Waals surface area contributed by atoms with E-state index in [1.165, 1.54) is 0 Å². The van der Waals surface area contributed by atoms with Gasteiger partial charge in [0.2, 0.25) is 17.7 Å². The second kappa shape index (κ2) is 11.6. The van der Waals surface area contributed by atoms with Crippen LogP contribution in [-0.4, -0.2) is 58.5 Å². The smallest absolute Gasteiger partial charge is 0.245 e. The fourth-order valence-electron chi connectivity index (χ4n) is 3.41. The quantitative estimate of drug-likeness (QED) is 0.305. The van der Waals surface area contributed by atoms with Crippen molar-refractivity contribution >= 4 is 40.1 Å². The fourth-order valence-corrected chi connectivity index (χ4v) is 3.53. The van der Waals surface area contributed by atoms with Gasteiger partial charge in [-0.25, -0.2) is 0 Å². The molecule has 0 bridgehead atoms. The van der Waals surface area contributed by atoms with Crippen molar-refractivity contribution in [3.63, 3.8) is 0 Å². The fraction of sp³-hybridized carbons (Fsp3) is 0.480. The Kier molecular flexibility index (Phi) is 9.44. The Balaban J connectivity index is 2.19. The van der Waals surface area contributed by atoms with Crippen LogP contribution >= 0.6 is 11.6 Å². The van der Waals surface area contributed by atoms with Crippen LogP contribution in [0.1, 0.15) is 39.7 Å². The van der Waals surface area contributed by atoms with Crippen molar-refractivity contribution < 1.29 is 19.5 Å². The average Bonchev–Trinajstić information content (AvgIpc) is 2.74. The summed E-state index contributed by atoms with van der Waals surface area (Å²) < 4.78 is 0. The summed E-state index contributed by atoms with van der Waals surface area (Å²) in [4.78, 5) is 37.6. The monoisotopic (exact) mass is 490 g/mol. The van der Waals surface area contributed by atoms with E-state index < -0.39 is 34.4 Å². The number of fused-ring (bicyclic) bond motifs is 1. The molecule has 0 saturated carbocycles. The van der Waals surface area contributed by atoms with Crippen molar-refractivity contribution in [3.05, 3.63) is 48.0 Å². The molecule has 0 aromatic heterocycles. The molecule has 3 amide bonds. The molecule has 2 rings (SSSR count). The van der Waals surface area contributed by atoms with E-state index in [0.29, 0.717) is 0 Å². The number of amides is 3. The minimum atomic E-state index is -1.28. The lowest BCUT2D eigenvalue weighted by atomic mass is 9.98. The normalized spacial score (nSPS) is 13.7. The number of aliphatic hydroxyl groups excluding tert-OH is 1. The standard InChI is InChI=1S/C25H35ClN4O4/c1-24(2,26)13-21(32)30-25(3,4)23(34)29-20(22(33)28-15-19(31)14-27)12-16-9-10-17-7-5-6-8-18(17)11-16/h5-11,19-20,31H,12-15,27H2,1-4H3,(H,28,33)(H,29,34)(H,30,32). The minimum Gasteiger partial charge on any atom is -0.390 e. The Labute approximate surface area is 205 Å². The highest BCUT2D eigenvalue weighted by molar-refractivity contribution is 6.24. The van der Waals surface area contributed by atoms with E-state index in [9.17, 15) is 19.5 Å². The van der Waals surface area contributed by atoms with Gasteiger partial charge in [0.05, 0.1) is 6.10 Å². The van der Waals surface area contributed by atoms with E-state index in [4.69, 9.17) is 17.3 Å². The van der Waals surface area contributed by atoms with Gasteiger partial charge in [0, 0.05) is 30.8 Å². The van der Waals surface area contributed by atoms with Crippen LogP contribution in [-0.2, 0) is 20.8 Å². The number of rotatable bonds is 11. The molecule has 0 heterocycles. The Morgan fingerprint density at radius 2 is 1.71 bits per heavy atom. The van der Waals surface area contributed by atoms with E-state index in [2.05, 4.69) is 16.0 Å². The van der Waals surface area contributed by atoms with Gasteiger partial charge >= 0.3 is 0 Å². The van der Waals surface area contributed by atoms with Gasteiger partial charge in [-0.1, -0.05) is 42.5 Å². The highest BCUT2D eigenvalue weighted by Crippen LogP contribution is 2.19. The van der Waals surface area contributed by atoms with E-state index in [0.717, 1.165) is 16.3 Å². The second-order valence-electron chi connectivity index (χ2n) is 9.62. The predicted molar refractivity (Wildman–Crippen MR) is 134 cm³/mol. The first-order chi connectivity index (χ1) is 15.8. The molecule has 0 saturated heterocycles. The second-order valence-corrected chi connectivity index (χ2v) is 10.6. The zero-order valence-corrected chi connectivity index (χ0v) is 20.9. The van der Waals surface area contributed by atoms with Crippen LogP contribution in [0.15, 0.2) is 42.5 Å². The van der Waals surface area contributed by atoms with Crippen molar-refractivity contribution in [1.29, 1.82) is 0 Å². The van der Waals surface area contributed by atoms with Gasteiger partial charge in [-0.05, 0) is 44.0 Å². The van der Waals surface area contributed by atoms with Crippen molar-refractivity contribution in [3.8, 4) is 0 Å². The molecule has 2 unspecified atom stereocenters. The molecule has 9 heteroatoms. The van der Waals surface area contributed by atoms with E-state index >= 15 is 0 Å². The third kappa shape index (κ3) is 8.59. The van der Waals surface area contributed by atoms with Gasteiger partial charge in [-0.2, -0.15) is 0 Å². The van der Waals surface area contributed by atoms with Gasteiger partial charge in [0.25, 0.3) is 0 Å². The topological polar surface area (TPSA) is 134 Å². The summed E-state index contributed by atoms with van der Waals surface area (Å²) >= 11 is 6.12. The third-order valence-corrected chi connectivity index (χ3v) is 5.39. The lowest BCUT2D eigenvalue weighted by Gasteiger charge is -2.29. The third-order valence-electron chi connectivity index (χ3n) is 5.26. The van der Waals surface area contributed by atoms with Crippen LogP contribution in [0.3, 0.4) is 0 Å². The Bertz CT molecular complexity index is 1020. The maximum absolute atomic E-state index is 13.1. The van der Waals surface area contributed by atoms with E-state index in [-0.39, 0.29) is 31.8 Å². The Morgan fingerprint density at radius 1 is 1.06 bits per heavy atom. The highest BCUT2D eigenvalue weighted by Gasteiger charge is 2.34. The largest absolute Gasteiger partial charge is 0.390 e. The van der Waals surface area contributed by atoms with Crippen LogP contribution in [0.4, 0.5) is 0 Å². The van der Waals surface area contributed by atoms with Gasteiger partial charge < -0.3 is 26.8 Å². The SMILES string of the molecule is CC(C)(Cl)CC(=O)NC(C)(C)C(=O)NC(Cc1ccc2ccccc2c1)C(=O)NCC(O)CN. The van der Waals surface area contributed by atoms with Crippen molar-refractivity contribution in [1.82, 2.24) is 16.0 Å². The molecule has 2 aromatic carbocycles. The first-order valence-electron chi connectivity index (χ1n) is 11.2. The van der Waals surface area contributed by atoms with Crippen molar-refractivity contribution in [2.24, 2.45) is 5.73 Å². The molecule has 0 fully saturated rings. The number of alkyl halides is 1. The molecule has 0 aliphatic carbocycles. The van der Waals surface area contributed by atoms with Crippen molar-refractivity contribution in [2.75, 3.05) is 13.1 Å².